The van der Waals surface area contributed by atoms with Crippen molar-refractivity contribution in [2.24, 2.45) is 5.92 Å². The summed E-state index contributed by atoms with van der Waals surface area (Å²) in [5.74, 6) is 0.257. The van der Waals surface area contributed by atoms with E-state index in [4.69, 9.17) is 4.74 Å². The number of carbonyl (C=O) groups excluding carboxylic acids is 1. The highest BCUT2D eigenvalue weighted by molar-refractivity contribution is 7.91. The van der Waals surface area contributed by atoms with Crippen LogP contribution in [0.25, 0.3) is 0 Å². The number of phenolic OH excluding ortho intramolecular Hbond substituents is 1. The van der Waals surface area contributed by atoms with Crippen LogP contribution >= 0.6 is 0 Å². The number of hydrogen-bond donors (Lipinski definition) is 2. The molecule has 2 aromatic carbocycles. The fourth-order valence-electron chi connectivity index (χ4n) is 3.39. The van der Waals surface area contributed by atoms with Crippen LogP contribution in [0.4, 0.5) is 0 Å². The third-order valence-electron chi connectivity index (χ3n) is 5.43. The molecule has 0 bridgehead atoms. The van der Waals surface area contributed by atoms with Gasteiger partial charge in [-0.15, -0.1) is 0 Å². The zero-order chi connectivity index (χ0) is 23.9. The third-order valence-corrected chi connectivity index (χ3v) is 7.25. The van der Waals surface area contributed by atoms with Gasteiger partial charge >= 0.3 is 0 Å². The van der Waals surface area contributed by atoms with Gasteiger partial charge in [0, 0.05) is 5.56 Å². The number of aliphatic hydroxyl groups is 1. The standard InChI is InChI=1S/C25H34O6S/c1-5-7-22-24(13-12-21(18(4)26)25(22)28)31-14-6-15-32(29,30)20-10-8-19(9-11-20)16-23(27)17(2)3/h8-13,17,23,27-28H,5-7,14-16H2,1-4H3. The average Bonchev–Trinajstić information content (AvgIpc) is 2.73. The largest absolute Gasteiger partial charge is 0.507 e. The van der Waals surface area contributed by atoms with E-state index in [0.717, 1.165) is 12.0 Å². The van der Waals surface area contributed by atoms with Crippen molar-refractivity contribution in [3.63, 3.8) is 0 Å². The second-order valence-corrected chi connectivity index (χ2v) is 10.5. The van der Waals surface area contributed by atoms with Gasteiger partial charge < -0.3 is 14.9 Å². The molecular weight excluding hydrogens is 428 g/mol. The molecule has 1 unspecified atom stereocenters. The number of rotatable bonds is 12. The predicted octanol–water partition coefficient (Wildman–Crippen LogP) is 4.35. The van der Waals surface area contributed by atoms with Crippen molar-refractivity contribution >= 4 is 15.6 Å². The summed E-state index contributed by atoms with van der Waals surface area (Å²) in [6, 6.07) is 9.82. The highest BCUT2D eigenvalue weighted by Crippen LogP contribution is 2.33. The van der Waals surface area contributed by atoms with Crippen LogP contribution in [0.1, 0.15) is 62.0 Å². The molecule has 0 saturated heterocycles. The minimum Gasteiger partial charge on any atom is -0.507 e. The second-order valence-electron chi connectivity index (χ2n) is 8.42. The fourth-order valence-corrected chi connectivity index (χ4v) is 4.67. The van der Waals surface area contributed by atoms with E-state index in [2.05, 4.69) is 0 Å². The summed E-state index contributed by atoms with van der Waals surface area (Å²) < 4.78 is 31.1. The highest BCUT2D eigenvalue weighted by Gasteiger charge is 2.18. The van der Waals surface area contributed by atoms with Gasteiger partial charge in [0.1, 0.15) is 11.5 Å². The van der Waals surface area contributed by atoms with Gasteiger partial charge in [-0.3, -0.25) is 4.79 Å². The molecule has 0 aliphatic rings. The van der Waals surface area contributed by atoms with E-state index in [1.54, 1.807) is 30.3 Å². The Morgan fingerprint density at radius 3 is 2.31 bits per heavy atom. The molecule has 0 aliphatic carbocycles. The minimum atomic E-state index is -3.46. The van der Waals surface area contributed by atoms with Crippen molar-refractivity contribution in [3.05, 3.63) is 53.1 Å². The normalized spacial score (nSPS) is 12.7. The van der Waals surface area contributed by atoms with E-state index in [0.29, 0.717) is 24.2 Å². The van der Waals surface area contributed by atoms with Gasteiger partial charge in [-0.05, 0) is 61.9 Å². The van der Waals surface area contributed by atoms with Gasteiger partial charge in [0.05, 0.1) is 28.9 Å². The maximum Gasteiger partial charge on any atom is 0.178 e. The Balaban J connectivity index is 1.98. The zero-order valence-corrected chi connectivity index (χ0v) is 20.1. The summed E-state index contributed by atoms with van der Waals surface area (Å²) in [6.45, 7) is 7.42. The molecule has 1 atom stereocenters. The lowest BCUT2D eigenvalue weighted by atomic mass is 9.99. The smallest absolute Gasteiger partial charge is 0.178 e. The molecule has 6 nitrogen and oxygen atoms in total. The summed E-state index contributed by atoms with van der Waals surface area (Å²) >= 11 is 0. The zero-order valence-electron chi connectivity index (χ0n) is 19.3. The van der Waals surface area contributed by atoms with Crippen LogP contribution < -0.4 is 4.74 Å². The molecule has 32 heavy (non-hydrogen) atoms. The molecule has 0 saturated carbocycles. The Hall–Kier alpha value is -2.38. The number of aromatic hydroxyl groups is 1. The van der Waals surface area contributed by atoms with E-state index < -0.39 is 15.9 Å². The first-order valence-corrected chi connectivity index (χ1v) is 12.7. The first kappa shape index (κ1) is 25.9. The van der Waals surface area contributed by atoms with Crippen LogP contribution in [0.3, 0.4) is 0 Å². The van der Waals surface area contributed by atoms with Crippen molar-refractivity contribution in [1.82, 2.24) is 0 Å². The molecule has 7 heteroatoms. The molecule has 176 valence electrons. The summed E-state index contributed by atoms with van der Waals surface area (Å²) in [7, 11) is -3.46. The van der Waals surface area contributed by atoms with Gasteiger partial charge in [0.2, 0.25) is 0 Å². The Morgan fingerprint density at radius 2 is 1.75 bits per heavy atom. The molecule has 0 fully saturated rings. The van der Waals surface area contributed by atoms with Gasteiger partial charge in [0.15, 0.2) is 15.6 Å². The van der Waals surface area contributed by atoms with Gasteiger partial charge in [-0.2, -0.15) is 0 Å². The van der Waals surface area contributed by atoms with E-state index in [1.165, 1.54) is 13.0 Å². The minimum absolute atomic E-state index is 0.0628. The highest BCUT2D eigenvalue weighted by atomic mass is 32.2. The van der Waals surface area contributed by atoms with Crippen LogP contribution in [-0.2, 0) is 22.7 Å². The SMILES string of the molecule is CCCc1c(OCCCS(=O)(=O)c2ccc(CC(O)C(C)C)cc2)ccc(C(C)=O)c1O. The number of sulfone groups is 1. The fraction of sp³-hybridized carbons (Fsp3) is 0.480. The molecule has 2 rings (SSSR count). The number of carbonyl (C=O) groups is 1. The van der Waals surface area contributed by atoms with Crippen LogP contribution in [0.2, 0.25) is 0 Å². The van der Waals surface area contributed by atoms with E-state index in [-0.39, 0.29) is 46.7 Å². The maximum atomic E-state index is 12.6. The third kappa shape index (κ3) is 6.81. The predicted molar refractivity (Wildman–Crippen MR) is 125 cm³/mol. The maximum absolute atomic E-state index is 12.6. The summed E-state index contributed by atoms with van der Waals surface area (Å²) in [6.07, 6.45) is 1.64. The quantitative estimate of drug-likeness (QED) is 0.359. The molecule has 0 heterocycles. The summed E-state index contributed by atoms with van der Waals surface area (Å²) in [5.41, 5.74) is 1.72. The monoisotopic (exact) mass is 462 g/mol. The number of Topliss-reactive ketones (excluding diaryl/α,β-unsaturated/α-hetero) is 1. The number of benzene rings is 2. The molecule has 2 aromatic rings. The van der Waals surface area contributed by atoms with Crippen LogP contribution in [-0.4, -0.2) is 42.9 Å². The van der Waals surface area contributed by atoms with E-state index in [1.807, 2.05) is 20.8 Å². The van der Waals surface area contributed by atoms with Crippen LogP contribution in [0.5, 0.6) is 11.5 Å². The second kappa shape index (κ2) is 11.5. The van der Waals surface area contributed by atoms with Crippen molar-refractivity contribution in [1.29, 1.82) is 0 Å². The van der Waals surface area contributed by atoms with Crippen LogP contribution in [0.15, 0.2) is 41.3 Å². The number of phenols is 1. The molecule has 0 aliphatic heterocycles. The van der Waals surface area contributed by atoms with E-state index in [9.17, 15) is 23.4 Å². The van der Waals surface area contributed by atoms with Crippen molar-refractivity contribution < 1.29 is 28.2 Å². The van der Waals surface area contributed by atoms with Crippen molar-refractivity contribution in [2.75, 3.05) is 12.4 Å². The van der Waals surface area contributed by atoms with Gasteiger partial charge in [0.25, 0.3) is 0 Å². The molecule has 0 spiro atoms. The molecule has 0 aromatic heterocycles. The summed E-state index contributed by atoms with van der Waals surface area (Å²) in [4.78, 5) is 11.9. The van der Waals surface area contributed by atoms with Crippen molar-refractivity contribution in [2.45, 2.75) is 64.4 Å². The topological polar surface area (TPSA) is 101 Å². The lowest BCUT2D eigenvalue weighted by Gasteiger charge is -2.15. The average molecular weight is 463 g/mol. The number of hydrogen-bond acceptors (Lipinski definition) is 6. The first-order chi connectivity index (χ1) is 15.1. The van der Waals surface area contributed by atoms with Crippen LogP contribution in [0, 0.1) is 5.92 Å². The lowest BCUT2D eigenvalue weighted by molar-refractivity contribution is 0.101. The number of ketones is 1. The Bertz CT molecular complexity index is 1010. The molecular formula is C25H34O6S. The molecule has 0 amide bonds. The number of ether oxygens (including phenoxy) is 1. The molecule has 0 radical (unpaired) electrons. The van der Waals surface area contributed by atoms with Crippen molar-refractivity contribution in [3.8, 4) is 11.5 Å². The lowest BCUT2D eigenvalue weighted by Crippen LogP contribution is -2.17. The van der Waals surface area contributed by atoms with E-state index >= 15 is 0 Å². The first-order valence-electron chi connectivity index (χ1n) is 11.0. The van der Waals surface area contributed by atoms with Gasteiger partial charge in [-0.25, -0.2) is 8.42 Å². The Labute approximate surface area is 191 Å². The Kier molecular flexibility index (Phi) is 9.28. The van der Waals surface area contributed by atoms with Gasteiger partial charge in [-0.1, -0.05) is 39.3 Å². The summed E-state index contributed by atoms with van der Waals surface area (Å²) in [5, 5.41) is 20.4. The molecule has 2 N–H and O–H groups in total. The number of aliphatic hydroxyl groups excluding tert-OH is 1. The Morgan fingerprint density at radius 1 is 1.09 bits per heavy atom.